The Kier molecular flexibility index (Phi) is 6.71. The summed E-state index contributed by atoms with van der Waals surface area (Å²) in [7, 11) is -3.58. The molecule has 3 N–H and O–H groups in total. The number of nitrogens with one attached hydrogen (secondary N) is 2. The van der Waals surface area contributed by atoms with E-state index in [0.717, 1.165) is 0 Å². The molecule has 0 saturated carbocycles. The lowest BCUT2D eigenvalue weighted by atomic mass is 10.0. The van der Waals surface area contributed by atoms with Gasteiger partial charge in [0.25, 0.3) is 5.91 Å². The second kappa shape index (κ2) is 8.07. The van der Waals surface area contributed by atoms with Crippen LogP contribution >= 0.6 is 0 Å². The van der Waals surface area contributed by atoms with E-state index < -0.39 is 27.9 Å². The smallest absolute Gasteiger partial charge is 0.326 e. The van der Waals surface area contributed by atoms with Crippen LogP contribution in [0.15, 0.2) is 29.2 Å². The third-order valence-electron chi connectivity index (χ3n) is 3.07. The normalized spacial score (nSPS) is 12.9. The van der Waals surface area contributed by atoms with Crippen molar-refractivity contribution < 1.29 is 23.1 Å². The second-order valence-corrected chi connectivity index (χ2v) is 7.29. The fraction of sp³-hybridized carbons (Fsp3) is 0.467. The molecular weight excluding hydrogens is 320 g/mol. The Balaban J connectivity index is 2.87. The molecule has 8 heteroatoms. The Labute approximate surface area is 136 Å². The van der Waals surface area contributed by atoms with Crippen molar-refractivity contribution in [3.05, 3.63) is 29.8 Å². The van der Waals surface area contributed by atoms with Crippen LogP contribution in [-0.2, 0) is 14.8 Å². The van der Waals surface area contributed by atoms with Crippen LogP contribution in [0.25, 0.3) is 0 Å². The van der Waals surface area contributed by atoms with E-state index in [1.165, 1.54) is 24.3 Å². The summed E-state index contributed by atoms with van der Waals surface area (Å²) < 4.78 is 26.0. The first-order chi connectivity index (χ1) is 10.7. The van der Waals surface area contributed by atoms with Gasteiger partial charge in [0.05, 0.1) is 4.90 Å². The number of hydrogen-bond acceptors (Lipinski definition) is 4. The first-order valence-electron chi connectivity index (χ1n) is 7.30. The van der Waals surface area contributed by atoms with Crippen LogP contribution in [0.3, 0.4) is 0 Å². The predicted octanol–water partition coefficient (Wildman–Crippen LogP) is 1.21. The molecule has 0 heterocycles. The number of sulfonamides is 1. The fourth-order valence-electron chi connectivity index (χ4n) is 1.99. The zero-order valence-electron chi connectivity index (χ0n) is 13.4. The van der Waals surface area contributed by atoms with Crippen molar-refractivity contribution in [1.82, 2.24) is 10.0 Å². The standard InChI is InChI=1S/C15H22N2O5S/c1-4-16-23(21,22)12-7-5-11(6-8-12)14(18)17-13(15(19)20)9-10(2)3/h5-8,10,13,16H,4,9H2,1-3H3,(H,17,18)(H,19,20)/t13-/m1/s1. The molecular formula is C15H22N2O5S. The molecule has 23 heavy (non-hydrogen) atoms. The van der Waals surface area contributed by atoms with E-state index in [0.29, 0.717) is 6.42 Å². The van der Waals surface area contributed by atoms with Gasteiger partial charge < -0.3 is 10.4 Å². The molecule has 0 bridgehead atoms. The molecule has 1 aromatic rings. The van der Waals surface area contributed by atoms with E-state index in [2.05, 4.69) is 10.0 Å². The average molecular weight is 342 g/mol. The maximum absolute atomic E-state index is 12.1. The molecule has 1 atom stereocenters. The van der Waals surface area contributed by atoms with Crippen molar-refractivity contribution in [3.63, 3.8) is 0 Å². The van der Waals surface area contributed by atoms with E-state index in [1.54, 1.807) is 6.92 Å². The minimum absolute atomic E-state index is 0.0489. The third kappa shape index (κ3) is 5.65. The molecule has 1 amide bonds. The van der Waals surface area contributed by atoms with Gasteiger partial charge in [-0.15, -0.1) is 0 Å². The Hall–Kier alpha value is -1.93. The Morgan fingerprint density at radius 2 is 1.74 bits per heavy atom. The van der Waals surface area contributed by atoms with Crippen molar-refractivity contribution in [1.29, 1.82) is 0 Å². The van der Waals surface area contributed by atoms with Crippen molar-refractivity contribution in [3.8, 4) is 0 Å². The predicted molar refractivity (Wildman–Crippen MR) is 85.6 cm³/mol. The van der Waals surface area contributed by atoms with E-state index >= 15 is 0 Å². The van der Waals surface area contributed by atoms with Crippen molar-refractivity contribution in [2.45, 2.75) is 38.1 Å². The summed E-state index contributed by atoms with van der Waals surface area (Å²) in [6, 6.07) is 4.35. The number of carbonyl (C=O) groups excluding carboxylic acids is 1. The number of carboxylic acid groups (broad SMARTS) is 1. The molecule has 0 aliphatic rings. The first kappa shape index (κ1) is 19.1. The Bertz CT molecular complexity index is 653. The highest BCUT2D eigenvalue weighted by molar-refractivity contribution is 7.89. The van der Waals surface area contributed by atoms with Gasteiger partial charge in [-0.3, -0.25) is 4.79 Å². The van der Waals surface area contributed by atoms with E-state index in [-0.39, 0.29) is 22.9 Å². The van der Waals surface area contributed by atoms with Crippen molar-refractivity contribution in [2.24, 2.45) is 5.92 Å². The summed E-state index contributed by atoms with van der Waals surface area (Å²) in [6.45, 7) is 5.66. The fourth-order valence-corrected chi connectivity index (χ4v) is 3.03. The molecule has 0 unspecified atom stereocenters. The highest BCUT2D eigenvalue weighted by atomic mass is 32.2. The maximum atomic E-state index is 12.1. The van der Waals surface area contributed by atoms with E-state index in [9.17, 15) is 18.0 Å². The summed E-state index contributed by atoms with van der Waals surface area (Å²) in [5.41, 5.74) is 0.204. The van der Waals surface area contributed by atoms with Gasteiger partial charge in [-0.05, 0) is 36.6 Å². The Morgan fingerprint density at radius 1 is 1.17 bits per heavy atom. The number of aliphatic carboxylic acids is 1. The summed E-state index contributed by atoms with van der Waals surface area (Å²) in [5, 5.41) is 11.6. The molecule has 1 aromatic carbocycles. The molecule has 0 spiro atoms. The quantitative estimate of drug-likeness (QED) is 0.657. The van der Waals surface area contributed by atoms with Crippen LogP contribution in [0.2, 0.25) is 0 Å². The molecule has 0 aliphatic carbocycles. The molecule has 128 valence electrons. The molecule has 7 nitrogen and oxygen atoms in total. The molecule has 0 saturated heterocycles. The van der Waals surface area contributed by atoms with E-state index in [4.69, 9.17) is 5.11 Å². The minimum atomic E-state index is -3.58. The first-order valence-corrected chi connectivity index (χ1v) is 8.79. The van der Waals surface area contributed by atoms with Gasteiger partial charge in [-0.2, -0.15) is 0 Å². The SMILES string of the molecule is CCNS(=O)(=O)c1ccc(C(=O)N[C@H](CC(C)C)C(=O)O)cc1. The van der Waals surface area contributed by atoms with Gasteiger partial charge in [0.2, 0.25) is 10.0 Å². The van der Waals surface area contributed by atoms with Gasteiger partial charge in [0.15, 0.2) is 0 Å². The number of carbonyl (C=O) groups is 2. The van der Waals surface area contributed by atoms with Gasteiger partial charge in [0, 0.05) is 12.1 Å². The summed E-state index contributed by atoms with van der Waals surface area (Å²) >= 11 is 0. The van der Waals surface area contributed by atoms with E-state index in [1.807, 2.05) is 13.8 Å². The van der Waals surface area contributed by atoms with Gasteiger partial charge in [0.1, 0.15) is 6.04 Å². The lowest BCUT2D eigenvalue weighted by Gasteiger charge is -2.16. The average Bonchev–Trinajstić information content (AvgIpc) is 2.46. The lowest BCUT2D eigenvalue weighted by Crippen LogP contribution is -2.41. The second-order valence-electron chi connectivity index (χ2n) is 5.52. The number of benzene rings is 1. The van der Waals surface area contributed by atoms with Crippen LogP contribution in [0, 0.1) is 5.92 Å². The largest absolute Gasteiger partial charge is 0.480 e. The summed E-state index contributed by atoms with van der Waals surface area (Å²) in [5.74, 6) is -1.53. The van der Waals surface area contributed by atoms with Crippen molar-refractivity contribution in [2.75, 3.05) is 6.54 Å². The molecule has 0 aliphatic heterocycles. The molecule has 0 radical (unpaired) electrons. The summed E-state index contributed by atoms with van der Waals surface area (Å²) in [4.78, 5) is 23.3. The van der Waals surface area contributed by atoms with Crippen LogP contribution in [0.5, 0.6) is 0 Å². The van der Waals surface area contributed by atoms with Crippen LogP contribution in [0.4, 0.5) is 0 Å². The zero-order valence-corrected chi connectivity index (χ0v) is 14.2. The minimum Gasteiger partial charge on any atom is -0.480 e. The molecule has 0 fully saturated rings. The number of carboxylic acids is 1. The number of rotatable bonds is 8. The maximum Gasteiger partial charge on any atom is 0.326 e. The van der Waals surface area contributed by atoms with Gasteiger partial charge in [-0.1, -0.05) is 20.8 Å². The van der Waals surface area contributed by atoms with Crippen molar-refractivity contribution >= 4 is 21.9 Å². The molecule has 0 aromatic heterocycles. The highest BCUT2D eigenvalue weighted by Crippen LogP contribution is 2.11. The monoisotopic (exact) mass is 342 g/mol. The Morgan fingerprint density at radius 3 is 2.17 bits per heavy atom. The number of hydrogen-bond donors (Lipinski definition) is 3. The van der Waals surface area contributed by atoms with Gasteiger partial charge in [-0.25, -0.2) is 17.9 Å². The molecule has 1 rings (SSSR count). The van der Waals surface area contributed by atoms with Gasteiger partial charge >= 0.3 is 5.97 Å². The van der Waals surface area contributed by atoms with Crippen LogP contribution < -0.4 is 10.0 Å². The third-order valence-corrected chi connectivity index (χ3v) is 4.63. The topological polar surface area (TPSA) is 113 Å². The van der Waals surface area contributed by atoms with Crippen LogP contribution in [-0.4, -0.2) is 38.0 Å². The number of amides is 1. The highest BCUT2D eigenvalue weighted by Gasteiger charge is 2.22. The summed E-state index contributed by atoms with van der Waals surface area (Å²) in [6.07, 6.45) is 0.313. The zero-order chi connectivity index (χ0) is 17.6. The van der Waals surface area contributed by atoms with Crippen LogP contribution in [0.1, 0.15) is 37.6 Å². The lowest BCUT2D eigenvalue weighted by molar-refractivity contribution is -0.139.